The number of nitrogens with two attached hydrogens (primary N) is 1. The van der Waals surface area contributed by atoms with Gasteiger partial charge in [0.1, 0.15) is 11.6 Å². The number of benzene rings is 2. The molecule has 2 N–H and O–H groups in total. The van der Waals surface area contributed by atoms with E-state index >= 15 is 0 Å². The molecule has 0 aliphatic rings. The first-order valence-electron chi connectivity index (χ1n) is 7.26. The zero-order chi connectivity index (χ0) is 16.2. The molecule has 0 spiro atoms. The van der Waals surface area contributed by atoms with Gasteiger partial charge in [0, 0.05) is 18.5 Å². The highest BCUT2D eigenvalue weighted by atomic mass is 19.1. The zero-order valence-corrected chi connectivity index (χ0v) is 12.4. The van der Waals surface area contributed by atoms with E-state index in [1.165, 1.54) is 18.2 Å². The summed E-state index contributed by atoms with van der Waals surface area (Å²) in [5.41, 5.74) is 8.62. The molecular weight excluding hydrogens is 298 g/mol. The van der Waals surface area contributed by atoms with Crippen molar-refractivity contribution < 1.29 is 8.78 Å². The number of hydrogen-bond donors (Lipinski definition) is 1. The smallest absolute Gasteiger partial charge is 0.128 e. The Labute approximate surface area is 132 Å². The first kappa shape index (κ1) is 15.3. The predicted octanol–water partition coefficient (Wildman–Crippen LogP) is 2.65. The second kappa shape index (κ2) is 6.66. The van der Waals surface area contributed by atoms with Gasteiger partial charge in [-0.25, -0.2) is 13.5 Å². The first-order valence-corrected chi connectivity index (χ1v) is 7.26. The third kappa shape index (κ3) is 3.43. The van der Waals surface area contributed by atoms with Gasteiger partial charge in [-0.1, -0.05) is 35.5 Å². The lowest BCUT2D eigenvalue weighted by Crippen LogP contribution is -2.10. The van der Waals surface area contributed by atoms with Gasteiger partial charge in [-0.15, -0.1) is 5.10 Å². The van der Waals surface area contributed by atoms with E-state index in [0.29, 0.717) is 17.7 Å². The van der Waals surface area contributed by atoms with Crippen LogP contribution in [0.2, 0.25) is 0 Å². The molecule has 0 saturated carbocycles. The summed E-state index contributed by atoms with van der Waals surface area (Å²) in [6, 6.07) is 12.8. The quantitative estimate of drug-likeness (QED) is 0.787. The maximum absolute atomic E-state index is 13.8. The number of hydrogen-bond acceptors (Lipinski definition) is 3. The number of rotatable bonds is 5. The van der Waals surface area contributed by atoms with E-state index in [1.807, 2.05) is 0 Å². The van der Waals surface area contributed by atoms with E-state index in [0.717, 1.165) is 11.3 Å². The van der Waals surface area contributed by atoms with Crippen molar-refractivity contribution >= 4 is 0 Å². The average molecular weight is 314 g/mol. The second-order valence-electron chi connectivity index (χ2n) is 5.24. The van der Waals surface area contributed by atoms with E-state index < -0.39 is 0 Å². The average Bonchev–Trinajstić information content (AvgIpc) is 2.93. The molecule has 118 valence electrons. The van der Waals surface area contributed by atoms with Gasteiger partial charge in [0.05, 0.1) is 17.9 Å². The van der Waals surface area contributed by atoms with Gasteiger partial charge in [-0.05, 0) is 23.8 Å². The molecule has 0 unspecified atom stereocenters. The third-order valence-electron chi connectivity index (χ3n) is 3.67. The van der Waals surface area contributed by atoms with E-state index in [1.54, 1.807) is 35.0 Å². The van der Waals surface area contributed by atoms with Crippen molar-refractivity contribution in [3.8, 4) is 0 Å². The van der Waals surface area contributed by atoms with Crippen molar-refractivity contribution in [1.82, 2.24) is 15.0 Å². The zero-order valence-electron chi connectivity index (χ0n) is 12.4. The van der Waals surface area contributed by atoms with Crippen LogP contribution in [0.4, 0.5) is 8.78 Å². The largest absolute Gasteiger partial charge is 0.325 e. The molecule has 0 fully saturated rings. The van der Waals surface area contributed by atoms with Gasteiger partial charge in [-0.3, -0.25) is 0 Å². The van der Waals surface area contributed by atoms with E-state index in [4.69, 9.17) is 5.73 Å². The van der Waals surface area contributed by atoms with Crippen molar-refractivity contribution in [2.75, 3.05) is 0 Å². The molecule has 0 aliphatic heterocycles. The predicted molar refractivity (Wildman–Crippen MR) is 82.6 cm³/mol. The maximum Gasteiger partial charge on any atom is 0.128 e. The second-order valence-corrected chi connectivity index (χ2v) is 5.24. The summed E-state index contributed by atoms with van der Waals surface area (Å²) in [6.45, 7) is 0.518. The Bertz CT molecular complexity index is 797. The Hall–Kier alpha value is -2.60. The summed E-state index contributed by atoms with van der Waals surface area (Å²) in [7, 11) is 0. The molecule has 4 nitrogen and oxygen atoms in total. The highest BCUT2D eigenvalue weighted by molar-refractivity contribution is 5.26. The van der Waals surface area contributed by atoms with Crippen molar-refractivity contribution in [3.63, 3.8) is 0 Å². The van der Waals surface area contributed by atoms with E-state index in [9.17, 15) is 8.78 Å². The maximum atomic E-state index is 13.8. The molecule has 0 saturated heterocycles. The standard InChI is InChI=1S/C17H16F2N4/c18-14-7-5-12(6-8-14)9-17-16(10-20)21-22-23(17)11-13-3-1-2-4-15(13)19/h1-8H,9-11,20H2. The molecule has 1 heterocycles. The molecule has 6 heteroatoms. The summed E-state index contributed by atoms with van der Waals surface area (Å²) in [5, 5.41) is 8.15. The van der Waals surface area contributed by atoms with Gasteiger partial charge in [-0.2, -0.15) is 0 Å². The Morgan fingerprint density at radius 2 is 1.74 bits per heavy atom. The van der Waals surface area contributed by atoms with Crippen LogP contribution in [-0.2, 0) is 19.5 Å². The number of nitrogens with zero attached hydrogens (tertiary/aromatic N) is 3. The van der Waals surface area contributed by atoms with E-state index in [-0.39, 0.29) is 24.7 Å². The minimum atomic E-state index is -0.287. The summed E-state index contributed by atoms with van der Waals surface area (Å²) in [4.78, 5) is 0. The SMILES string of the molecule is NCc1nnn(Cc2ccccc2F)c1Cc1ccc(F)cc1. The molecule has 23 heavy (non-hydrogen) atoms. The highest BCUT2D eigenvalue weighted by Crippen LogP contribution is 2.16. The normalized spacial score (nSPS) is 10.9. The van der Waals surface area contributed by atoms with Gasteiger partial charge >= 0.3 is 0 Å². The van der Waals surface area contributed by atoms with Crippen LogP contribution in [0.25, 0.3) is 0 Å². The summed E-state index contributed by atoms with van der Waals surface area (Å²) in [6.07, 6.45) is 0.508. The van der Waals surface area contributed by atoms with Gasteiger partial charge in [0.25, 0.3) is 0 Å². The minimum absolute atomic E-state index is 0.244. The molecule has 2 aromatic carbocycles. The lowest BCUT2D eigenvalue weighted by molar-refractivity contribution is 0.568. The fourth-order valence-corrected chi connectivity index (χ4v) is 2.43. The molecule has 0 aliphatic carbocycles. The van der Waals surface area contributed by atoms with Crippen LogP contribution in [0.5, 0.6) is 0 Å². The highest BCUT2D eigenvalue weighted by Gasteiger charge is 2.14. The van der Waals surface area contributed by atoms with Crippen LogP contribution in [0, 0.1) is 11.6 Å². The summed E-state index contributed by atoms with van der Waals surface area (Å²) < 4.78 is 28.5. The molecule has 0 bridgehead atoms. The van der Waals surface area contributed by atoms with Crippen molar-refractivity contribution in [2.24, 2.45) is 5.73 Å². The fraction of sp³-hybridized carbons (Fsp3) is 0.176. The Morgan fingerprint density at radius 3 is 2.43 bits per heavy atom. The van der Waals surface area contributed by atoms with Crippen molar-refractivity contribution in [3.05, 3.63) is 82.7 Å². The van der Waals surface area contributed by atoms with Crippen LogP contribution in [0.3, 0.4) is 0 Å². The molecule has 0 atom stereocenters. The molecule has 0 amide bonds. The van der Waals surface area contributed by atoms with Crippen LogP contribution < -0.4 is 5.73 Å². The Morgan fingerprint density at radius 1 is 1.00 bits per heavy atom. The number of halogens is 2. The lowest BCUT2D eigenvalue weighted by atomic mass is 10.1. The lowest BCUT2D eigenvalue weighted by Gasteiger charge is -2.09. The molecule has 3 aromatic rings. The van der Waals surface area contributed by atoms with Gasteiger partial charge in [0.15, 0.2) is 0 Å². The monoisotopic (exact) mass is 314 g/mol. The van der Waals surface area contributed by atoms with Crippen molar-refractivity contribution in [1.29, 1.82) is 0 Å². The van der Waals surface area contributed by atoms with Crippen molar-refractivity contribution in [2.45, 2.75) is 19.5 Å². The summed E-state index contributed by atoms with van der Waals surface area (Å²) >= 11 is 0. The first-order chi connectivity index (χ1) is 11.2. The molecule has 3 rings (SSSR count). The van der Waals surface area contributed by atoms with Crippen LogP contribution >= 0.6 is 0 Å². The topological polar surface area (TPSA) is 56.7 Å². The summed E-state index contributed by atoms with van der Waals surface area (Å²) in [5.74, 6) is -0.573. The van der Waals surface area contributed by atoms with Gasteiger partial charge < -0.3 is 5.73 Å². The van der Waals surface area contributed by atoms with Gasteiger partial charge in [0.2, 0.25) is 0 Å². The third-order valence-corrected chi connectivity index (χ3v) is 3.67. The minimum Gasteiger partial charge on any atom is -0.325 e. The fourth-order valence-electron chi connectivity index (χ4n) is 2.43. The van der Waals surface area contributed by atoms with E-state index in [2.05, 4.69) is 10.3 Å². The molecule has 0 radical (unpaired) electrons. The molecule has 1 aromatic heterocycles. The molecular formula is C17H16F2N4. The van der Waals surface area contributed by atoms with Crippen LogP contribution in [-0.4, -0.2) is 15.0 Å². The van der Waals surface area contributed by atoms with Crippen LogP contribution in [0.15, 0.2) is 48.5 Å². The van der Waals surface area contributed by atoms with Crippen LogP contribution in [0.1, 0.15) is 22.5 Å². The Kier molecular flexibility index (Phi) is 4.43. The Balaban J connectivity index is 1.91. The number of aromatic nitrogens is 3.